The Bertz CT molecular complexity index is 1080. The van der Waals surface area contributed by atoms with E-state index in [0.717, 1.165) is 23.8 Å². The zero-order valence-electron chi connectivity index (χ0n) is 15.4. The molecule has 1 saturated heterocycles. The molecule has 2 rings (SSSR count). The molecule has 1 fully saturated rings. The summed E-state index contributed by atoms with van der Waals surface area (Å²) in [6.45, 7) is -1.50. The highest BCUT2D eigenvalue weighted by atomic mass is 31.3. The van der Waals surface area contributed by atoms with Gasteiger partial charge < -0.3 is 29.4 Å². The molecule has 6 N–H and O–H groups in total. The van der Waals surface area contributed by atoms with Crippen LogP contribution in [0.15, 0.2) is 21.9 Å². The molecule has 1 aromatic rings. The van der Waals surface area contributed by atoms with E-state index in [1.807, 2.05) is 4.98 Å². The fourth-order valence-electron chi connectivity index (χ4n) is 2.82. The maximum absolute atomic E-state index is 13.8. The van der Waals surface area contributed by atoms with Gasteiger partial charge in [-0.2, -0.15) is 8.62 Å². The van der Waals surface area contributed by atoms with Gasteiger partial charge in [0.2, 0.25) is 0 Å². The van der Waals surface area contributed by atoms with E-state index in [4.69, 9.17) is 19.4 Å². The molecular weight excluding hydrogens is 496 g/mol. The lowest BCUT2D eigenvalue weighted by atomic mass is 9.92. The molecule has 0 amide bonds. The minimum atomic E-state index is -5.79. The van der Waals surface area contributed by atoms with E-state index in [1.165, 1.54) is 0 Å². The number of hydrogen-bond donors (Lipinski definition) is 6. The van der Waals surface area contributed by atoms with Gasteiger partial charge in [-0.3, -0.25) is 18.9 Å². The zero-order valence-corrected chi connectivity index (χ0v) is 18.1. The number of phosphoric acid groups is 3. The van der Waals surface area contributed by atoms with Crippen LogP contribution in [-0.2, 0) is 31.6 Å². The number of halogens is 1. The molecule has 1 aromatic heterocycles. The van der Waals surface area contributed by atoms with Crippen LogP contribution in [0.4, 0.5) is 4.39 Å². The average Bonchev–Trinajstić information content (AvgIpc) is 2.81. The second-order valence-electron chi connectivity index (χ2n) is 6.70. The van der Waals surface area contributed by atoms with E-state index in [0.29, 0.717) is 0 Å². The summed E-state index contributed by atoms with van der Waals surface area (Å²) in [7, 11) is -17.0. The van der Waals surface area contributed by atoms with Gasteiger partial charge in [0.15, 0.2) is 6.23 Å². The summed E-state index contributed by atoms with van der Waals surface area (Å²) in [5.41, 5.74) is -5.91. The fourth-order valence-corrected chi connectivity index (χ4v) is 5.91. The van der Waals surface area contributed by atoms with E-state index >= 15 is 0 Å². The first-order valence-electron chi connectivity index (χ1n) is 7.95. The summed E-state index contributed by atoms with van der Waals surface area (Å²) in [5.74, 6) is 0. The summed E-state index contributed by atoms with van der Waals surface area (Å²) in [5, 5.41) is 10.6. The van der Waals surface area contributed by atoms with E-state index in [1.54, 1.807) is 0 Å². The molecule has 0 aromatic carbocycles. The van der Waals surface area contributed by atoms with Crippen molar-refractivity contribution in [2.75, 3.05) is 13.3 Å². The molecule has 20 heteroatoms. The normalized spacial score (nSPS) is 30.6. The first-order valence-corrected chi connectivity index (χ1v) is 12.5. The molecule has 178 valence electrons. The predicted molar refractivity (Wildman–Crippen MR) is 95.2 cm³/mol. The van der Waals surface area contributed by atoms with Crippen molar-refractivity contribution in [2.24, 2.45) is 0 Å². The number of aromatic nitrogens is 2. The highest BCUT2D eigenvalue weighted by Crippen LogP contribution is 2.66. The number of H-pyrrole nitrogens is 1. The Balaban J connectivity index is 2.20. The van der Waals surface area contributed by atoms with Crippen LogP contribution in [0.3, 0.4) is 0 Å². The van der Waals surface area contributed by atoms with Crippen molar-refractivity contribution >= 4 is 23.5 Å². The van der Waals surface area contributed by atoms with Gasteiger partial charge in [0, 0.05) is 18.7 Å². The number of aliphatic hydroxyl groups is 1. The number of aromatic amines is 1. The Morgan fingerprint density at radius 1 is 1.23 bits per heavy atom. The lowest BCUT2D eigenvalue weighted by Crippen LogP contribution is -2.40. The molecule has 1 aliphatic heterocycles. The lowest BCUT2D eigenvalue weighted by molar-refractivity contribution is -0.131. The third kappa shape index (κ3) is 6.96. The van der Waals surface area contributed by atoms with Gasteiger partial charge in [-0.05, 0) is 6.92 Å². The third-order valence-electron chi connectivity index (χ3n) is 3.83. The predicted octanol–water partition coefficient (Wildman–Crippen LogP) is -0.742. The summed E-state index contributed by atoms with van der Waals surface area (Å²) in [6, 6.07) is 0.919. The minimum absolute atomic E-state index is 0.623. The molecule has 1 aliphatic rings. The number of ether oxygens (including phenoxy) is 1. The summed E-state index contributed by atoms with van der Waals surface area (Å²) in [4.78, 5) is 60.6. The van der Waals surface area contributed by atoms with E-state index in [-0.39, 0.29) is 0 Å². The first kappa shape index (κ1) is 26.2. The molecule has 16 nitrogen and oxygen atoms in total. The van der Waals surface area contributed by atoms with Crippen molar-refractivity contribution in [1.82, 2.24) is 9.55 Å². The van der Waals surface area contributed by atoms with Gasteiger partial charge >= 0.3 is 29.2 Å². The van der Waals surface area contributed by atoms with Crippen molar-refractivity contribution < 1.29 is 60.6 Å². The standard InChI is InChI=1S/C11H18FN2O14P3/c1-10(17)4-11(5-12,26-8(10)14-3-2-7(15)13-9(14)16)6-25-30(21,22)28-31(23,24)27-29(18,19)20/h2-3,8,17H,4-6H2,1H3,(H,21,22)(H,23,24)(H,13,15,16)(H2,18,19,20)/t8-,10-,11-/m1/s1. The fraction of sp³-hybridized carbons (Fsp3) is 0.636. The molecule has 5 atom stereocenters. The van der Waals surface area contributed by atoms with Crippen LogP contribution in [-0.4, -0.2) is 58.7 Å². The molecular formula is C11H18FN2O14P3. The highest BCUT2D eigenvalue weighted by Gasteiger charge is 2.55. The maximum Gasteiger partial charge on any atom is 0.490 e. The molecule has 0 radical (unpaired) electrons. The molecule has 0 spiro atoms. The smallest absolute Gasteiger partial charge is 0.385 e. The number of rotatable bonds is 9. The van der Waals surface area contributed by atoms with Crippen molar-refractivity contribution in [2.45, 2.75) is 30.8 Å². The number of nitrogens with one attached hydrogen (secondary N) is 1. The number of alkyl halides is 1. The van der Waals surface area contributed by atoms with Crippen molar-refractivity contribution in [3.8, 4) is 0 Å². The van der Waals surface area contributed by atoms with E-state index < -0.39 is 71.8 Å². The molecule has 2 heterocycles. The molecule has 0 aliphatic carbocycles. The average molecular weight is 514 g/mol. The second kappa shape index (κ2) is 8.71. The minimum Gasteiger partial charge on any atom is -0.385 e. The Hall–Kier alpha value is -1.06. The van der Waals surface area contributed by atoms with Crippen molar-refractivity contribution in [1.29, 1.82) is 0 Å². The summed E-state index contributed by atoms with van der Waals surface area (Å²) >= 11 is 0. The number of phosphoric ester groups is 1. The third-order valence-corrected chi connectivity index (χ3v) is 7.61. The van der Waals surface area contributed by atoms with E-state index in [9.17, 15) is 37.7 Å². The molecule has 0 bridgehead atoms. The SMILES string of the molecule is C[C@@]1(O)C[C@@](CF)(COP(=O)(O)OP(=O)(O)OP(=O)(O)O)O[C@H]1n1ccc(=O)[nH]c1=O. The largest absolute Gasteiger partial charge is 0.490 e. The maximum atomic E-state index is 13.8. The van der Waals surface area contributed by atoms with Crippen LogP contribution < -0.4 is 11.2 Å². The number of nitrogens with zero attached hydrogens (tertiary/aromatic N) is 1. The molecule has 2 unspecified atom stereocenters. The van der Waals surface area contributed by atoms with Crippen LogP contribution in [0.1, 0.15) is 19.6 Å². The second-order valence-corrected chi connectivity index (χ2v) is 11.1. The van der Waals surface area contributed by atoms with Crippen LogP contribution in [0.5, 0.6) is 0 Å². The summed E-state index contributed by atoms with van der Waals surface area (Å²) in [6.07, 6.45) is -1.25. The lowest BCUT2D eigenvalue weighted by Gasteiger charge is -2.27. The van der Waals surface area contributed by atoms with Crippen molar-refractivity contribution in [3.05, 3.63) is 33.1 Å². The van der Waals surface area contributed by atoms with Gasteiger partial charge in [-0.1, -0.05) is 0 Å². The van der Waals surface area contributed by atoms with Crippen LogP contribution in [0.25, 0.3) is 0 Å². The van der Waals surface area contributed by atoms with Gasteiger partial charge in [0.25, 0.3) is 5.56 Å². The van der Waals surface area contributed by atoms with Gasteiger partial charge in [-0.15, -0.1) is 0 Å². The highest BCUT2D eigenvalue weighted by molar-refractivity contribution is 7.66. The topological polar surface area (TPSA) is 244 Å². The number of hydrogen-bond acceptors (Lipinski definition) is 10. The molecule has 31 heavy (non-hydrogen) atoms. The van der Waals surface area contributed by atoms with Gasteiger partial charge in [-0.25, -0.2) is 22.9 Å². The summed E-state index contributed by atoms with van der Waals surface area (Å²) < 4.78 is 65.1. The Labute approximate surface area is 171 Å². The van der Waals surface area contributed by atoms with Gasteiger partial charge in [0.05, 0.1) is 6.61 Å². The van der Waals surface area contributed by atoms with E-state index in [2.05, 4.69) is 13.1 Å². The quantitative estimate of drug-likeness (QED) is 0.222. The molecule has 0 saturated carbocycles. The zero-order chi connectivity index (χ0) is 23.9. The Morgan fingerprint density at radius 3 is 2.35 bits per heavy atom. The Morgan fingerprint density at radius 2 is 1.84 bits per heavy atom. The van der Waals surface area contributed by atoms with Crippen molar-refractivity contribution in [3.63, 3.8) is 0 Å². The van der Waals surface area contributed by atoms with Crippen LogP contribution >= 0.6 is 23.5 Å². The monoisotopic (exact) mass is 514 g/mol. The van der Waals surface area contributed by atoms with Crippen LogP contribution in [0.2, 0.25) is 0 Å². The Kier molecular flexibility index (Phi) is 7.36. The van der Waals surface area contributed by atoms with Crippen LogP contribution in [0, 0.1) is 0 Å². The first-order chi connectivity index (χ1) is 13.9. The van der Waals surface area contributed by atoms with Gasteiger partial charge in [0.1, 0.15) is 17.9 Å².